The molecule has 0 aromatic heterocycles. The molecule has 1 aromatic carbocycles. The van der Waals surface area contributed by atoms with Gasteiger partial charge in [-0.3, -0.25) is 14.5 Å². The molecule has 1 aromatic rings. The smallest absolute Gasteiger partial charge is 0.416 e. The Hall–Kier alpha value is -2.69. The topological polar surface area (TPSA) is 79.0 Å². The van der Waals surface area contributed by atoms with Gasteiger partial charge in [0.15, 0.2) is 0 Å². The SMILES string of the molecule is CC(C)(C)OC(=O)N1C[C@@H](NC(=O)/C=C/c2cccc(C(F)(F)F)c2)C[C@H]1C(=O)N1CCSC1. The van der Waals surface area contributed by atoms with E-state index in [0.29, 0.717) is 12.4 Å². The quantitative estimate of drug-likeness (QED) is 0.639. The molecule has 0 aliphatic carbocycles. The van der Waals surface area contributed by atoms with Crippen LogP contribution in [0.1, 0.15) is 38.3 Å². The Kier molecular flexibility index (Phi) is 7.84. The van der Waals surface area contributed by atoms with Gasteiger partial charge < -0.3 is 15.0 Å². The van der Waals surface area contributed by atoms with E-state index >= 15 is 0 Å². The van der Waals surface area contributed by atoms with Crippen LogP contribution < -0.4 is 5.32 Å². The summed E-state index contributed by atoms with van der Waals surface area (Å²) in [6, 6.07) is 3.37. The normalized spacial score (nSPS) is 21.2. The fraction of sp³-hybridized carbons (Fsp3) is 0.522. The number of nitrogens with zero attached hydrogens (tertiary/aromatic N) is 2. The van der Waals surface area contributed by atoms with E-state index in [9.17, 15) is 27.6 Å². The molecule has 3 rings (SSSR count). The lowest BCUT2D eigenvalue weighted by Crippen LogP contribution is -2.48. The molecule has 0 saturated carbocycles. The minimum Gasteiger partial charge on any atom is -0.444 e. The van der Waals surface area contributed by atoms with E-state index in [1.54, 1.807) is 37.4 Å². The third-order valence-corrected chi connectivity index (χ3v) is 6.23. The second-order valence-electron chi connectivity index (χ2n) is 9.19. The minimum absolute atomic E-state index is 0.0927. The number of carbonyl (C=O) groups is 3. The van der Waals surface area contributed by atoms with Crippen LogP contribution in [0.15, 0.2) is 30.3 Å². The summed E-state index contributed by atoms with van der Waals surface area (Å²) in [6.45, 7) is 5.88. The van der Waals surface area contributed by atoms with Gasteiger partial charge in [-0.25, -0.2) is 4.79 Å². The van der Waals surface area contributed by atoms with Crippen LogP contribution in [0.5, 0.6) is 0 Å². The van der Waals surface area contributed by atoms with Crippen molar-refractivity contribution >= 4 is 35.7 Å². The first-order chi connectivity index (χ1) is 15.8. The number of amides is 3. The number of hydrogen-bond acceptors (Lipinski definition) is 5. The maximum atomic E-state index is 13.0. The molecule has 34 heavy (non-hydrogen) atoms. The van der Waals surface area contributed by atoms with Crippen molar-refractivity contribution in [1.29, 1.82) is 0 Å². The molecule has 2 heterocycles. The van der Waals surface area contributed by atoms with Crippen molar-refractivity contribution in [3.63, 3.8) is 0 Å². The number of hydrogen-bond donors (Lipinski definition) is 1. The number of nitrogens with one attached hydrogen (secondary N) is 1. The largest absolute Gasteiger partial charge is 0.444 e. The van der Waals surface area contributed by atoms with E-state index in [2.05, 4.69) is 5.32 Å². The van der Waals surface area contributed by atoms with E-state index in [1.165, 1.54) is 23.1 Å². The highest BCUT2D eigenvalue weighted by molar-refractivity contribution is 7.99. The van der Waals surface area contributed by atoms with Crippen molar-refractivity contribution < 1.29 is 32.3 Å². The maximum Gasteiger partial charge on any atom is 0.416 e. The van der Waals surface area contributed by atoms with Crippen molar-refractivity contribution in [2.45, 2.75) is 51.1 Å². The van der Waals surface area contributed by atoms with Crippen LogP contribution in [0.4, 0.5) is 18.0 Å². The van der Waals surface area contributed by atoms with E-state index < -0.39 is 41.4 Å². The molecule has 2 saturated heterocycles. The summed E-state index contributed by atoms with van der Waals surface area (Å²) < 4.78 is 44.1. The van der Waals surface area contributed by atoms with Crippen molar-refractivity contribution in [3.05, 3.63) is 41.5 Å². The van der Waals surface area contributed by atoms with Crippen LogP contribution in [0.3, 0.4) is 0 Å². The number of halogens is 3. The van der Waals surface area contributed by atoms with Crippen LogP contribution in [-0.4, -0.2) is 70.1 Å². The summed E-state index contributed by atoms with van der Waals surface area (Å²) in [6.07, 6.45) is -2.46. The van der Waals surface area contributed by atoms with E-state index in [4.69, 9.17) is 4.74 Å². The number of likely N-dealkylation sites (tertiary alicyclic amines) is 1. The Balaban J connectivity index is 1.68. The fourth-order valence-electron chi connectivity index (χ4n) is 3.74. The summed E-state index contributed by atoms with van der Waals surface area (Å²) >= 11 is 1.63. The Labute approximate surface area is 200 Å². The van der Waals surface area contributed by atoms with Gasteiger partial charge in [0.1, 0.15) is 11.6 Å². The van der Waals surface area contributed by atoms with Crippen molar-refractivity contribution in [2.24, 2.45) is 0 Å². The molecule has 2 atom stereocenters. The Morgan fingerprint density at radius 3 is 2.56 bits per heavy atom. The van der Waals surface area contributed by atoms with Crippen molar-refractivity contribution in [2.75, 3.05) is 24.7 Å². The molecule has 1 N–H and O–H groups in total. The molecule has 0 radical (unpaired) electrons. The number of rotatable bonds is 4. The van der Waals surface area contributed by atoms with Gasteiger partial charge in [-0.1, -0.05) is 12.1 Å². The molecule has 0 unspecified atom stereocenters. The van der Waals surface area contributed by atoms with Gasteiger partial charge in [0.2, 0.25) is 11.8 Å². The Morgan fingerprint density at radius 1 is 1.21 bits per heavy atom. The van der Waals surface area contributed by atoms with Gasteiger partial charge in [-0.05, 0) is 51.0 Å². The van der Waals surface area contributed by atoms with Crippen molar-refractivity contribution in [3.8, 4) is 0 Å². The maximum absolute atomic E-state index is 13.0. The molecular weight excluding hydrogens is 471 g/mol. The van der Waals surface area contributed by atoms with Gasteiger partial charge >= 0.3 is 12.3 Å². The molecule has 186 valence electrons. The van der Waals surface area contributed by atoms with Crippen LogP contribution >= 0.6 is 11.8 Å². The molecule has 2 aliphatic heterocycles. The number of ether oxygens (including phenoxy) is 1. The zero-order chi connectivity index (χ0) is 25.1. The number of alkyl halides is 3. The third kappa shape index (κ3) is 6.91. The van der Waals surface area contributed by atoms with Gasteiger partial charge in [-0.15, -0.1) is 11.8 Å². The lowest BCUT2D eigenvalue weighted by Gasteiger charge is -2.29. The van der Waals surface area contributed by atoms with Crippen molar-refractivity contribution in [1.82, 2.24) is 15.1 Å². The molecule has 2 fully saturated rings. The van der Waals surface area contributed by atoms with E-state index in [1.807, 2.05) is 0 Å². The first kappa shape index (κ1) is 25.9. The summed E-state index contributed by atoms with van der Waals surface area (Å²) in [5.41, 5.74) is -1.32. The van der Waals surface area contributed by atoms with Crippen LogP contribution in [0.25, 0.3) is 6.08 Å². The van der Waals surface area contributed by atoms with E-state index in [-0.39, 0.29) is 24.4 Å². The number of benzene rings is 1. The highest BCUT2D eigenvalue weighted by Crippen LogP contribution is 2.30. The first-order valence-corrected chi connectivity index (χ1v) is 12.0. The zero-order valence-corrected chi connectivity index (χ0v) is 20.0. The van der Waals surface area contributed by atoms with Crippen LogP contribution in [-0.2, 0) is 20.5 Å². The summed E-state index contributed by atoms with van der Waals surface area (Å²) in [7, 11) is 0. The van der Waals surface area contributed by atoms with Gasteiger partial charge in [-0.2, -0.15) is 13.2 Å². The molecular formula is C23H28F3N3O4S. The monoisotopic (exact) mass is 499 g/mol. The molecule has 11 heteroatoms. The molecule has 0 bridgehead atoms. The lowest BCUT2D eigenvalue weighted by molar-refractivity contribution is -0.137. The van der Waals surface area contributed by atoms with Crippen LogP contribution in [0, 0.1) is 0 Å². The summed E-state index contributed by atoms with van der Waals surface area (Å²) in [5, 5.41) is 2.74. The average molecular weight is 500 g/mol. The lowest BCUT2D eigenvalue weighted by atomic mass is 10.1. The minimum atomic E-state index is -4.48. The Morgan fingerprint density at radius 2 is 1.94 bits per heavy atom. The highest BCUT2D eigenvalue weighted by Gasteiger charge is 2.43. The summed E-state index contributed by atoms with van der Waals surface area (Å²) in [5.74, 6) is 0.656. The second kappa shape index (κ2) is 10.3. The van der Waals surface area contributed by atoms with Crippen LogP contribution in [0.2, 0.25) is 0 Å². The number of carbonyl (C=O) groups excluding carboxylic acids is 3. The predicted molar refractivity (Wildman–Crippen MR) is 123 cm³/mol. The molecule has 2 aliphatic rings. The second-order valence-corrected chi connectivity index (χ2v) is 10.3. The molecule has 3 amide bonds. The highest BCUT2D eigenvalue weighted by atomic mass is 32.2. The van der Waals surface area contributed by atoms with Gasteiger partial charge in [0.05, 0.1) is 11.4 Å². The standard InChI is InChI=1S/C23H28F3N3O4S/c1-22(2,3)33-21(32)29-13-17(12-18(29)20(31)28-9-10-34-14-28)27-19(30)8-7-15-5-4-6-16(11-15)23(24,25)26/h4-8,11,17-18H,9-10,12-14H2,1-3H3,(H,27,30)/b8-7+/t17-,18-/m0/s1. The molecule has 0 spiro atoms. The first-order valence-electron chi connectivity index (χ1n) is 10.9. The third-order valence-electron chi connectivity index (χ3n) is 5.27. The summed E-state index contributed by atoms with van der Waals surface area (Å²) in [4.78, 5) is 41.3. The van der Waals surface area contributed by atoms with Gasteiger partial charge in [0, 0.05) is 31.0 Å². The number of thioether (sulfide) groups is 1. The Bertz CT molecular complexity index is 956. The average Bonchev–Trinajstić information content (AvgIpc) is 3.40. The van der Waals surface area contributed by atoms with Gasteiger partial charge in [0.25, 0.3) is 0 Å². The zero-order valence-electron chi connectivity index (χ0n) is 19.2. The fourth-order valence-corrected chi connectivity index (χ4v) is 4.69. The molecule has 7 nitrogen and oxygen atoms in total. The van der Waals surface area contributed by atoms with E-state index in [0.717, 1.165) is 24.0 Å². The predicted octanol–water partition coefficient (Wildman–Crippen LogP) is 3.75.